The zero-order valence-electron chi connectivity index (χ0n) is 14.4. The van der Waals surface area contributed by atoms with Gasteiger partial charge in [-0.1, -0.05) is 6.92 Å². The van der Waals surface area contributed by atoms with Gasteiger partial charge in [-0.3, -0.25) is 0 Å². The summed E-state index contributed by atoms with van der Waals surface area (Å²) >= 11 is 0. The van der Waals surface area contributed by atoms with E-state index in [1.165, 1.54) is 12.1 Å². The molecule has 1 aromatic carbocycles. The molecule has 7 nitrogen and oxygen atoms in total. The molecule has 2 N–H and O–H groups in total. The number of nitrogens with one attached hydrogen (secondary N) is 2. The first kappa shape index (κ1) is 21.4. The zero-order chi connectivity index (χ0) is 17.7. The van der Waals surface area contributed by atoms with Gasteiger partial charge in [-0.15, -0.1) is 12.4 Å². The number of aryl methyl sites for hydroxylation is 1. The largest absolute Gasteiger partial charge is 0.460 e. The van der Waals surface area contributed by atoms with Gasteiger partial charge in [-0.25, -0.2) is 17.9 Å². The van der Waals surface area contributed by atoms with Gasteiger partial charge in [0.15, 0.2) is 0 Å². The number of carbonyl (C=O) groups excluding carboxylic acids is 1. The van der Waals surface area contributed by atoms with Crippen molar-refractivity contribution >= 4 is 39.4 Å². The fraction of sp³-hybridized carbons (Fsp3) is 0.438. The van der Waals surface area contributed by atoms with Crippen LogP contribution in [0.1, 0.15) is 30.0 Å². The molecule has 0 saturated carbocycles. The lowest BCUT2D eigenvalue weighted by Gasteiger charge is -2.07. The first-order valence-corrected chi connectivity index (χ1v) is 9.29. The van der Waals surface area contributed by atoms with Crippen molar-refractivity contribution in [1.82, 2.24) is 10.0 Å². The molecule has 1 aromatic heterocycles. The van der Waals surface area contributed by atoms with Gasteiger partial charge in [0.05, 0.1) is 11.5 Å². The smallest absolute Gasteiger partial charge is 0.374 e. The van der Waals surface area contributed by atoms with E-state index < -0.39 is 16.0 Å². The lowest BCUT2D eigenvalue weighted by molar-refractivity contribution is 0.0491. The van der Waals surface area contributed by atoms with E-state index in [2.05, 4.69) is 10.0 Å². The van der Waals surface area contributed by atoms with E-state index in [0.717, 1.165) is 6.54 Å². The molecule has 25 heavy (non-hydrogen) atoms. The van der Waals surface area contributed by atoms with Gasteiger partial charge in [0.1, 0.15) is 5.58 Å². The quantitative estimate of drug-likeness (QED) is 0.530. The minimum absolute atomic E-state index is 0. The highest BCUT2D eigenvalue weighted by molar-refractivity contribution is 7.89. The molecule has 0 aliphatic heterocycles. The van der Waals surface area contributed by atoms with Crippen molar-refractivity contribution in [1.29, 1.82) is 0 Å². The minimum Gasteiger partial charge on any atom is -0.460 e. The Morgan fingerprint density at radius 1 is 1.24 bits per heavy atom. The average molecular weight is 391 g/mol. The number of rotatable bonds is 8. The van der Waals surface area contributed by atoms with Crippen LogP contribution in [0.4, 0.5) is 0 Å². The molecular weight excluding hydrogens is 368 g/mol. The molecule has 0 amide bonds. The van der Waals surface area contributed by atoms with E-state index in [9.17, 15) is 13.2 Å². The number of likely N-dealkylation sites (N-methyl/N-ethyl adjacent to an activating group) is 1. The second kappa shape index (κ2) is 9.19. The molecule has 0 atom stereocenters. The summed E-state index contributed by atoms with van der Waals surface area (Å²) in [5.41, 5.74) is 1.01. The maximum Gasteiger partial charge on any atom is 0.374 e. The Kier molecular flexibility index (Phi) is 7.88. The first-order valence-electron chi connectivity index (χ1n) is 7.81. The van der Waals surface area contributed by atoms with E-state index in [0.29, 0.717) is 29.6 Å². The number of halogens is 1. The lowest BCUT2D eigenvalue weighted by Crippen LogP contribution is -2.31. The lowest BCUT2D eigenvalue weighted by atomic mass is 10.1. The van der Waals surface area contributed by atoms with Crippen LogP contribution >= 0.6 is 12.4 Å². The van der Waals surface area contributed by atoms with E-state index in [1.807, 2.05) is 6.92 Å². The molecule has 0 bridgehead atoms. The van der Waals surface area contributed by atoms with Crippen LogP contribution in [-0.2, 0) is 14.8 Å². The van der Waals surface area contributed by atoms with Gasteiger partial charge in [-0.05, 0) is 38.6 Å². The molecule has 1 heterocycles. The van der Waals surface area contributed by atoms with Crippen molar-refractivity contribution in [2.24, 2.45) is 0 Å². The second-order valence-corrected chi connectivity index (χ2v) is 6.95. The van der Waals surface area contributed by atoms with Crippen molar-refractivity contribution in [3.8, 4) is 0 Å². The normalized spacial score (nSPS) is 11.3. The Bertz CT molecular complexity index is 832. The van der Waals surface area contributed by atoms with E-state index in [4.69, 9.17) is 9.15 Å². The molecule has 0 unspecified atom stereocenters. The zero-order valence-corrected chi connectivity index (χ0v) is 16.1. The molecule has 0 saturated heterocycles. The third kappa shape index (κ3) is 4.94. The van der Waals surface area contributed by atoms with Crippen molar-refractivity contribution in [2.75, 3.05) is 26.2 Å². The minimum atomic E-state index is -3.62. The van der Waals surface area contributed by atoms with E-state index in [1.54, 1.807) is 19.9 Å². The standard InChI is InChI=1S/C16H22N2O5S.ClH/c1-4-17-8-9-18-24(20,21)12-6-7-14-13(10-12)11(3)15(23-14)16(19)22-5-2;/h6-7,10,17-18H,4-5,8-9H2,1-3H3;1H. The molecule has 0 aliphatic rings. The number of carbonyl (C=O) groups is 1. The molecule has 140 valence electrons. The maximum absolute atomic E-state index is 12.3. The van der Waals surface area contributed by atoms with Crippen LogP contribution in [0.2, 0.25) is 0 Å². The molecule has 9 heteroatoms. The third-order valence-corrected chi connectivity index (χ3v) is 4.98. The molecule has 2 aromatic rings. The molecular formula is C16H23ClN2O5S. The van der Waals surface area contributed by atoms with E-state index in [-0.39, 0.29) is 29.7 Å². The first-order chi connectivity index (χ1) is 11.4. The number of hydrogen-bond acceptors (Lipinski definition) is 6. The SMILES string of the molecule is CCNCCNS(=O)(=O)c1ccc2oc(C(=O)OCC)c(C)c2c1.Cl. The predicted octanol–water partition coefficient (Wildman–Crippen LogP) is 2.23. The molecule has 2 rings (SSSR count). The van der Waals surface area contributed by atoms with Crippen molar-refractivity contribution in [3.63, 3.8) is 0 Å². The highest BCUT2D eigenvalue weighted by Crippen LogP contribution is 2.28. The Morgan fingerprint density at radius 3 is 2.60 bits per heavy atom. The van der Waals surface area contributed by atoms with Gasteiger partial charge < -0.3 is 14.5 Å². The summed E-state index contributed by atoms with van der Waals surface area (Å²) in [6, 6.07) is 4.51. The van der Waals surface area contributed by atoms with Gasteiger partial charge >= 0.3 is 5.97 Å². The van der Waals surface area contributed by atoms with Crippen LogP contribution in [0.5, 0.6) is 0 Å². The van der Waals surface area contributed by atoms with Crippen LogP contribution < -0.4 is 10.0 Å². The summed E-state index contributed by atoms with van der Waals surface area (Å²) < 4.78 is 37.6. The van der Waals surface area contributed by atoms with Gasteiger partial charge in [0.25, 0.3) is 0 Å². The summed E-state index contributed by atoms with van der Waals surface area (Å²) in [6.45, 7) is 7.23. The summed E-state index contributed by atoms with van der Waals surface area (Å²) in [4.78, 5) is 12.0. The van der Waals surface area contributed by atoms with E-state index >= 15 is 0 Å². The van der Waals surface area contributed by atoms with Crippen LogP contribution in [0, 0.1) is 6.92 Å². The number of esters is 1. The van der Waals surface area contributed by atoms with Crippen molar-refractivity contribution in [3.05, 3.63) is 29.5 Å². The maximum atomic E-state index is 12.3. The molecule has 0 aliphatic carbocycles. The highest BCUT2D eigenvalue weighted by Gasteiger charge is 2.21. The average Bonchev–Trinajstić information content (AvgIpc) is 2.88. The van der Waals surface area contributed by atoms with Crippen LogP contribution in [-0.4, -0.2) is 40.6 Å². The third-order valence-electron chi connectivity index (χ3n) is 3.52. The molecule has 0 spiro atoms. The van der Waals surface area contributed by atoms with Gasteiger partial charge in [0.2, 0.25) is 15.8 Å². The van der Waals surface area contributed by atoms with Gasteiger partial charge in [0, 0.05) is 24.0 Å². The topological polar surface area (TPSA) is 97.6 Å². The summed E-state index contributed by atoms with van der Waals surface area (Å²) in [6.07, 6.45) is 0. The van der Waals surface area contributed by atoms with Crippen molar-refractivity contribution in [2.45, 2.75) is 25.7 Å². The number of furan rings is 1. The summed E-state index contributed by atoms with van der Waals surface area (Å²) in [7, 11) is -3.62. The predicted molar refractivity (Wildman–Crippen MR) is 97.9 cm³/mol. The number of sulfonamides is 1. The summed E-state index contributed by atoms with van der Waals surface area (Å²) in [5.74, 6) is -0.458. The molecule has 0 radical (unpaired) electrons. The number of ether oxygens (including phenoxy) is 1. The van der Waals surface area contributed by atoms with Crippen molar-refractivity contribution < 1.29 is 22.4 Å². The fourth-order valence-electron chi connectivity index (χ4n) is 2.29. The molecule has 0 fully saturated rings. The van der Waals surface area contributed by atoms with Crippen LogP contribution in [0.25, 0.3) is 11.0 Å². The van der Waals surface area contributed by atoms with Crippen LogP contribution in [0.15, 0.2) is 27.5 Å². The Hall–Kier alpha value is -1.61. The Morgan fingerprint density at radius 2 is 1.96 bits per heavy atom. The van der Waals surface area contributed by atoms with Gasteiger partial charge in [-0.2, -0.15) is 0 Å². The monoisotopic (exact) mass is 390 g/mol. The van der Waals surface area contributed by atoms with Crippen LogP contribution in [0.3, 0.4) is 0 Å². The number of hydrogen-bond donors (Lipinski definition) is 2. The fourth-order valence-corrected chi connectivity index (χ4v) is 3.35. The Balaban J connectivity index is 0.00000312. The number of fused-ring (bicyclic) bond motifs is 1. The second-order valence-electron chi connectivity index (χ2n) is 5.19. The Labute approximate surface area is 153 Å². The highest BCUT2D eigenvalue weighted by atomic mass is 35.5. The summed E-state index contributed by atoms with van der Waals surface area (Å²) in [5, 5.41) is 3.62. The number of benzene rings is 1.